The fourth-order valence-corrected chi connectivity index (χ4v) is 1.08. The van der Waals surface area contributed by atoms with Gasteiger partial charge in [0.2, 0.25) is 5.89 Å². The average molecular weight is 220 g/mol. The van der Waals surface area contributed by atoms with Gasteiger partial charge < -0.3 is 15.5 Å². The lowest BCUT2D eigenvalue weighted by Crippen LogP contribution is -2.04. The minimum absolute atomic E-state index is 0.262. The van der Waals surface area contributed by atoms with E-state index in [1.807, 2.05) is 0 Å². The number of rotatable bonds is 4. The highest BCUT2D eigenvalue weighted by Gasteiger charge is 2.09. The maximum absolute atomic E-state index is 5.59. The molecule has 3 N–H and O–H groups in total. The van der Waals surface area contributed by atoms with E-state index in [2.05, 4.69) is 25.5 Å². The molecule has 0 spiro atoms. The lowest BCUT2D eigenvalue weighted by atomic mass is 10.4. The fourth-order valence-electron chi connectivity index (χ4n) is 1.08. The van der Waals surface area contributed by atoms with E-state index >= 15 is 0 Å². The van der Waals surface area contributed by atoms with E-state index in [9.17, 15) is 0 Å². The van der Waals surface area contributed by atoms with Gasteiger partial charge in [-0.25, -0.2) is 9.97 Å². The van der Waals surface area contributed by atoms with Crippen molar-refractivity contribution in [2.45, 2.75) is 19.5 Å². The zero-order valence-corrected chi connectivity index (χ0v) is 8.79. The molecule has 16 heavy (non-hydrogen) atoms. The van der Waals surface area contributed by atoms with Crippen LogP contribution in [0.1, 0.15) is 24.6 Å². The molecule has 7 heteroatoms. The molecule has 1 atom stereocenters. The number of nitrogens with one attached hydrogen (secondary N) is 1. The summed E-state index contributed by atoms with van der Waals surface area (Å²) in [4.78, 5) is 7.87. The quantitative estimate of drug-likeness (QED) is 0.772. The monoisotopic (exact) mass is 220 g/mol. The van der Waals surface area contributed by atoms with Gasteiger partial charge in [-0.05, 0) is 13.0 Å². The third-order valence-corrected chi connectivity index (χ3v) is 1.89. The van der Waals surface area contributed by atoms with Crippen molar-refractivity contribution < 1.29 is 4.42 Å². The molecule has 0 saturated carbocycles. The first-order chi connectivity index (χ1) is 7.75. The van der Waals surface area contributed by atoms with Crippen molar-refractivity contribution in [2.24, 2.45) is 5.73 Å². The molecule has 0 amide bonds. The molecule has 2 rings (SSSR count). The Morgan fingerprint density at radius 2 is 2.38 bits per heavy atom. The van der Waals surface area contributed by atoms with Gasteiger partial charge in [-0.3, -0.25) is 0 Å². The topological polar surface area (TPSA) is 103 Å². The molecule has 0 aliphatic carbocycles. The predicted octanol–water partition coefficient (Wildman–Crippen LogP) is 0.491. The minimum Gasteiger partial charge on any atom is -0.406 e. The molecule has 2 heterocycles. The largest absolute Gasteiger partial charge is 0.406 e. The summed E-state index contributed by atoms with van der Waals surface area (Å²) in [7, 11) is 0. The Morgan fingerprint density at radius 3 is 3.00 bits per heavy atom. The van der Waals surface area contributed by atoms with Crippen molar-refractivity contribution in [3.63, 3.8) is 0 Å². The molecule has 84 valence electrons. The summed E-state index contributed by atoms with van der Waals surface area (Å²) in [6, 6.07) is 1.88. The van der Waals surface area contributed by atoms with E-state index in [1.165, 1.54) is 6.33 Å². The van der Waals surface area contributed by atoms with Crippen LogP contribution in [0.15, 0.2) is 23.0 Å². The molecule has 0 aromatic carbocycles. The fraction of sp³-hybridized carbons (Fsp3) is 0.333. The predicted molar refractivity (Wildman–Crippen MR) is 56.3 cm³/mol. The van der Waals surface area contributed by atoms with E-state index in [0.29, 0.717) is 18.5 Å². The summed E-state index contributed by atoms with van der Waals surface area (Å²) in [5, 5.41) is 10.5. The van der Waals surface area contributed by atoms with E-state index in [0.717, 1.165) is 5.69 Å². The van der Waals surface area contributed by atoms with Gasteiger partial charge in [-0.1, -0.05) is 5.10 Å². The van der Waals surface area contributed by atoms with Crippen LogP contribution in [-0.2, 0) is 6.54 Å². The maximum Gasteiger partial charge on any atom is 0.315 e. The zero-order valence-electron chi connectivity index (χ0n) is 8.79. The number of nitrogens with zero attached hydrogens (tertiary/aromatic N) is 4. The van der Waals surface area contributed by atoms with Gasteiger partial charge in [-0.15, -0.1) is 5.10 Å². The van der Waals surface area contributed by atoms with Crippen LogP contribution in [0.2, 0.25) is 0 Å². The van der Waals surface area contributed by atoms with Crippen LogP contribution in [0.4, 0.5) is 6.01 Å². The molecule has 0 aliphatic rings. The van der Waals surface area contributed by atoms with Crippen LogP contribution in [0, 0.1) is 0 Å². The second-order valence-electron chi connectivity index (χ2n) is 3.29. The highest BCUT2D eigenvalue weighted by Crippen LogP contribution is 2.11. The Kier molecular flexibility index (Phi) is 3.06. The van der Waals surface area contributed by atoms with Gasteiger partial charge in [0.05, 0.1) is 18.3 Å². The van der Waals surface area contributed by atoms with E-state index < -0.39 is 0 Å². The first-order valence-corrected chi connectivity index (χ1v) is 4.83. The van der Waals surface area contributed by atoms with Crippen molar-refractivity contribution in [3.8, 4) is 0 Å². The Morgan fingerprint density at radius 1 is 1.50 bits per heavy atom. The van der Waals surface area contributed by atoms with E-state index in [-0.39, 0.29) is 6.04 Å². The van der Waals surface area contributed by atoms with Crippen molar-refractivity contribution >= 4 is 6.01 Å². The van der Waals surface area contributed by atoms with Crippen LogP contribution in [0.5, 0.6) is 0 Å². The first kappa shape index (κ1) is 10.5. The molecule has 0 saturated heterocycles. The summed E-state index contributed by atoms with van der Waals surface area (Å²) in [6.45, 7) is 2.28. The van der Waals surface area contributed by atoms with Crippen molar-refractivity contribution in [3.05, 3.63) is 30.2 Å². The second kappa shape index (κ2) is 4.67. The summed E-state index contributed by atoms with van der Waals surface area (Å²) in [5.74, 6) is 0.408. The number of aromatic nitrogens is 4. The zero-order chi connectivity index (χ0) is 11.4. The highest BCUT2D eigenvalue weighted by molar-refractivity contribution is 5.19. The van der Waals surface area contributed by atoms with Gasteiger partial charge in [0.1, 0.15) is 6.33 Å². The van der Waals surface area contributed by atoms with Gasteiger partial charge in [0.15, 0.2) is 0 Å². The number of nitrogens with two attached hydrogens (primary N) is 1. The molecule has 0 radical (unpaired) electrons. The van der Waals surface area contributed by atoms with Crippen molar-refractivity contribution in [1.29, 1.82) is 0 Å². The van der Waals surface area contributed by atoms with Crippen LogP contribution in [0.3, 0.4) is 0 Å². The normalized spacial score (nSPS) is 12.4. The van der Waals surface area contributed by atoms with Gasteiger partial charge >= 0.3 is 6.01 Å². The molecule has 1 unspecified atom stereocenters. The molecule has 0 fully saturated rings. The molecule has 0 aliphatic heterocycles. The molecule has 2 aromatic rings. The number of hydrogen-bond donors (Lipinski definition) is 2. The van der Waals surface area contributed by atoms with Gasteiger partial charge in [-0.2, -0.15) is 0 Å². The van der Waals surface area contributed by atoms with Crippen LogP contribution < -0.4 is 11.1 Å². The molecule has 7 nitrogen and oxygen atoms in total. The molecular formula is C9H12N6O. The lowest BCUT2D eigenvalue weighted by Gasteiger charge is -1.99. The van der Waals surface area contributed by atoms with Crippen molar-refractivity contribution in [1.82, 2.24) is 20.2 Å². The lowest BCUT2D eigenvalue weighted by molar-refractivity contribution is 0.472. The molecule has 0 bridgehead atoms. The average Bonchev–Trinajstić information content (AvgIpc) is 2.76. The number of anilines is 1. The van der Waals surface area contributed by atoms with E-state index in [4.69, 9.17) is 10.2 Å². The van der Waals surface area contributed by atoms with Crippen LogP contribution in [-0.4, -0.2) is 20.2 Å². The standard InChI is InChI=1S/C9H12N6O/c1-6(10)8-14-15-9(16-8)12-4-7-2-3-11-5-13-7/h2-3,5-6H,4,10H2,1H3,(H,12,15). The Bertz CT molecular complexity index is 440. The smallest absolute Gasteiger partial charge is 0.315 e. The van der Waals surface area contributed by atoms with Gasteiger partial charge in [0, 0.05) is 6.20 Å². The van der Waals surface area contributed by atoms with Crippen LogP contribution >= 0.6 is 0 Å². The Labute approximate surface area is 92.1 Å². The summed E-state index contributed by atoms with van der Waals surface area (Å²) >= 11 is 0. The highest BCUT2D eigenvalue weighted by atomic mass is 16.4. The van der Waals surface area contributed by atoms with Gasteiger partial charge in [0.25, 0.3) is 0 Å². The molecule has 2 aromatic heterocycles. The Hall–Kier alpha value is -2.02. The maximum atomic E-state index is 5.59. The summed E-state index contributed by atoms with van der Waals surface area (Å²) in [6.07, 6.45) is 3.16. The van der Waals surface area contributed by atoms with Crippen molar-refractivity contribution in [2.75, 3.05) is 5.32 Å². The minimum atomic E-state index is -0.262. The summed E-state index contributed by atoms with van der Waals surface area (Å²) in [5.41, 5.74) is 6.43. The third kappa shape index (κ3) is 2.51. The van der Waals surface area contributed by atoms with E-state index in [1.54, 1.807) is 19.2 Å². The van der Waals surface area contributed by atoms with Crippen LogP contribution in [0.25, 0.3) is 0 Å². The third-order valence-electron chi connectivity index (χ3n) is 1.89. The number of hydrogen-bond acceptors (Lipinski definition) is 7. The Balaban J connectivity index is 1.95. The first-order valence-electron chi connectivity index (χ1n) is 4.83. The SMILES string of the molecule is CC(N)c1nnc(NCc2ccncn2)o1. The second-order valence-corrected chi connectivity index (χ2v) is 3.29. The molecular weight excluding hydrogens is 208 g/mol. The summed E-state index contributed by atoms with van der Waals surface area (Å²) < 4.78 is 5.27.